The zero-order valence-corrected chi connectivity index (χ0v) is 11.0. The summed E-state index contributed by atoms with van der Waals surface area (Å²) < 4.78 is 0. The maximum Gasteiger partial charge on any atom is 0.327 e. The molecular formula is C12H19N3O4. The SMILES string of the molecule is CN1CC(=O)N(CC(=O)N2CCC(CO)CC2)C1=O. The molecule has 2 heterocycles. The van der Waals surface area contributed by atoms with Crippen molar-refractivity contribution in [3.05, 3.63) is 0 Å². The van der Waals surface area contributed by atoms with Gasteiger partial charge in [0.25, 0.3) is 5.91 Å². The Labute approximate surface area is 111 Å². The number of urea groups is 1. The van der Waals surface area contributed by atoms with E-state index in [1.165, 1.54) is 11.9 Å². The smallest absolute Gasteiger partial charge is 0.327 e. The average Bonchev–Trinajstić information content (AvgIpc) is 2.65. The van der Waals surface area contributed by atoms with Crippen LogP contribution in [0, 0.1) is 5.92 Å². The summed E-state index contributed by atoms with van der Waals surface area (Å²) in [5.74, 6) is -0.273. The van der Waals surface area contributed by atoms with Crippen molar-refractivity contribution in [2.45, 2.75) is 12.8 Å². The van der Waals surface area contributed by atoms with Gasteiger partial charge < -0.3 is 14.9 Å². The van der Waals surface area contributed by atoms with Gasteiger partial charge in [0, 0.05) is 26.7 Å². The van der Waals surface area contributed by atoms with Crippen LogP contribution < -0.4 is 0 Å². The lowest BCUT2D eigenvalue weighted by atomic mass is 9.98. The average molecular weight is 269 g/mol. The van der Waals surface area contributed by atoms with Crippen molar-refractivity contribution in [3.63, 3.8) is 0 Å². The minimum absolute atomic E-state index is 0.0404. The largest absolute Gasteiger partial charge is 0.396 e. The summed E-state index contributed by atoms with van der Waals surface area (Å²) in [6.45, 7) is 1.17. The molecule has 7 heteroatoms. The van der Waals surface area contributed by atoms with Crippen LogP contribution >= 0.6 is 0 Å². The molecule has 2 aliphatic heterocycles. The Morgan fingerprint density at radius 3 is 2.42 bits per heavy atom. The molecule has 0 saturated carbocycles. The molecule has 0 unspecified atom stereocenters. The van der Waals surface area contributed by atoms with Crippen molar-refractivity contribution in [1.29, 1.82) is 0 Å². The molecule has 0 aromatic carbocycles. The lowest BCUT2D eigenvalue weighted by molar-refractivity contribution is -0.137. The van der Waals surface area contributed by atoms with Gasteiger partial charge >= 0.3 is 6.03 Å². The van der Waals surface area contributed by atoms with Crippen LogP contribution in [-0.2, 0) is 9.59 Å². The Morgan fingerprint density at radius 1 is 1.32 bits per heavy atom. The molecule has 0 aromatic rings. The molecule has 0 atom stereocenters. The molecule has 2 rings (SSSR count). The zero-order chi connectivity index (χ0) is 14.0. The van der Waals surface area contributed by atoms with Gasteiger partial charge in [0.15, 0.2) is 0 Å². The highest BCUT2D eigenvalue weighted by molar-refractivity contribution is 6.04. The second kappa shape index (κ2) is 5.56. The van der Waals surface area contributed by atoms with Crippen molar-refractivity contribution in [2.24, 2.45) is 5.92 Å². The minimum atomic E-state index is -0.413. The number of rotatable bonds is 3. The van der Waals surface area contributed by atoms with Crippen molar-refractivity contribution in [3.8, 4) is 0 Å². The molecule has 1 N–H and O–H groups in total. The molecular weight excluding hydrogens is 250 g/mol. The number of piperidine rings is 1. The summed E-state index contributed by atoms with van der Waals surface area (Å²) in [4.78, 5) is 39.2. The van der Waals surface area contributed by atoms with Crippen molar-refractivity contribution >= 4 is 17.8 Å². The molecule has 106 valence electrons. The molecule has 0 aromatic heterocycles. The normalized spacial score (nSPS) is 21.5. The maximum atomic E-state index is 12.0. The highest BCUT2D eigenvalue weighted by atomic mass is 16.3. The van der Waals surface area contributed by atoms with Crippen LogP contribution in [0.15, 0.2) is 0 Å². The fourth-order valence-corrected chi connectivity index (χ4v) is 2.42. The van der Waals surface area contributed by atoms with E-state index in [0.717, 1.165) is 17.7 Å². The molecule has 0 radical (unpaired) electrons. The lowest BCUT2D eigenvalue weighted by Gasteiger charge is -2.31. The first-order valence-electron chi connectivity index (χ1n) is 6.47. The summed E-state index contributed by atoms with van der Waals surface area (Å²) in [7, 11) is 1.54. The first-order valence-corrected chi connectivity index (χ1v) is 6.47. The van der Waals surface area contributed by atoms with E-state index in [1.54, 1.807) is 4.90 Å². The van der Waals surface area contributed by atoms with E-state index in [-0.39, 0.29) is 37.4 Å². The molecule has 0 bridgehead atoms. The highest BCUT2D eigenvalue weighted by Gasteiger charge is 2.36. The number of carbonyl (C=O) groups is 3. The monoisotopic (exact) mass is 269 g/mol. The highest BCUT2D eigenvalue weighted by Crippen LogP contribution is 2.17. The predicted octanol–water partition coefficient (Wildman–Crippen LogP) is -0.889. The van der Waals surface area contributed by atoms with E-state index in [9.17, 15) is 14.4 Å². The minimum Gasteiger partial charge on any atom is -0.396 e. The summed E-state index contributed by atoms with van der Waals surface area (Å²) >= 11 is 0. The first kappa shape index (κ1) is 13.8. The van der Waals surface area contributed by atoms with Gasteiger partial charge in [0.05, 0.1) is 0 Å². The van der Waals surface area contributed by atoms with Crippen LogP contribution in [0.2, 0.25) is 0 Å². The van der Waals surface area contributed by atoms with E-state index in [2.05, 4.69) is 0 Å². The maximum absolute atomic E-state index is 12.0. The Bertz CT molecular complexity index is 390. The number of likely N-dealkylation sites (tertiary alicyclic amines) is 1. The third-order valence-corrected chi connectivity index (χ3v) is 3.75. The Kier molecular flexibility index (Phi) is 4.04. The van der Waals surface area contributed by atoms with Crippen molar-refractivity contribution in [2.75, 3.05) is 39.8 Å². The fourth-order valence-electron chi connectivity index (χ4n) is 2.42. The number of likely N-dealkylation sites (N-methyl/N-ethyl adjacent to an activating group) is 1. The van der Waals surface area contributed by atoms with E-state index in [1.807, 2.05) is 0 Å². The number of carbonyl (C=O) groups excluding carboxylic acids is 3. The number of imide groups is 1. The predicted molar refractivity (Wildman–Crippen MR) is 66.1 cm³/mol. The second-order valence-electron chi connectivity index (χ2n) is 5.13. The standard InChI is InChI=1S/C12H19N3O4/c1-13-6-11(18)15(12(13)19)7-10(17)14-4-2-9(8-16)3-5-14/h9,16H,2-8H2,1H3. The van der Waals surface area contributed by atoms with Crippen LogP contribution in [0.1, 0.15) is 12.8 Å². The number of nitrogens with zero attached hydrogens (tertiary/aromatic N) is 3. The molecule has 0 spiro atoms. The van der Waals surface area contributed by atoms with Gasteiger partial charge in [0.2, 0.25) is 5.91 Å². The molecule has 2 fully saturated rings. The van der Waals surface area contributed by atoms with Crippen LogP contribution in [0.4, 0.5) is 4.79 Å². The van der Waals surface area contributed by atoms with Gasteiger partial charge in [-0.25, -0.2) is 4.79 Å². The summed E-state index contributed by atoms with van der Waals surface area (Å²) in [5.41, 5.74) is 0. The number of aliphatic hydroxyl groups excluding tert-OH is 1. The van der Waals surface area contributed by atoms with Gasteiger partial charge in [-0.2, -0.15) is 0 Å². The van der Waals surface area contributed by atoms with Gasteiger partial charge in [-0.15, -0.1) is 0 Å². The van der Waals surface area contributed by atoms with E-state index in [4.69, 9.17) is 5.11 Å². The summed E-state index contributed by atoms with van der Waals surface area (Å²) in [6.07, 6.45) is 1.54. The molecule has 4 amide bonds. The quantitative estimate of drug-likeness (QED) is 0.674. The van der Waals surface area contributed by atoms with Crippen molar-refractivity contribution < 1.29 is 19.5 Å². The van der Waals surface area contributed by atoms with Gasteiger partial charge in [0.1, 0.15) is 13.1 Å². The van der Waals surface area contributed by atoms with Crippen LogP contribution in [-0.4, -0.2) is 77.5 Å². The molecule has 19 heavy (non-hydrogen) atoms. The van der Waals surface area contributed by atoms with Crippen molar-refractivity contribution in [1.82, 2.24) is 14.7 Å². The van der Waals surface area contributed by atoms with Crippen LogP contribution in [0.3, 0.4) is 0 Å². The van der Waals surface area contributed by atoms with Gasteiger partial charge in [-0.3, -0.25) is 14.5 Å². The Morgan fingerprint density at radius 2 is 1.95 bits per heavy atom. The Hall–Kier alpha value is -1.63. The fraction of sp³-hybridized carbons (Fsp3) is 0.750. The lowest BCUT2D eigenvalue weighted by Crippen LogP contribution is -2.46. The molecule has 7 nitrogen and oxygen atoms in total. The molecule has 0 aliphatic carbocycles. The van der Waals surface area contributed by atoms with E-state index in [0.29, 0.717) is 13.1 Å². The number of hydrogen-bond acceptors (Lipinski definition) is 4. The van der Waals surface area contributed by atoms with Gasteiger partial charge in [-0.05, 0) is 18.8 Å². The van der Waals surface area contributed by atoms with Crippen LogP contribution in [0.25, 0.3) is 0 Å². The number of hydrogen-bond donors (Lipinski definition) is 1. The second-order valence-corrected chi connectivity index (χ2v) is 5.13. The summed E-state index contributed by atoms with van der Waals surface area (Å²) in [5, 5.41) is 9.04. The number of aliphatic hydroxyl groups is 1. The molecule has 2 aliphatic rings. The van der Waals surface area contributed by atoms with E-state index < -0.39 is 6.03 Å². The zero-order valence-electron chi connectivity index (χ0n) is 11.0. The van der Waals surface area contributed by atoms with Crippen LogP contribution in [0.5, 0.6) is 0 Å². The Balaban J connectivity index is 1.88. The third kappa shape index (κ3) is 2.86. The first-order chi connectivity index (χ1) is 9.02. The third-order valence-electron chi connectivity index (χ3n) is 3.75. The van der Waals surface area contributed by atoms with Gasteiger partial charge in [-0.1, -0.05) is 0 Å². The topological polar surface area (TPSA) is 81.2 Å². The summed E-state index contributed by atoms with van der Waals surface area (Å²) in [6, 6.07) is -0.413. The molecule has 2 saturated heterocycles. The van der Waals surface area contributed by atoms with E-state index >= 15 is 0 Å². The number of amides is 4.